The second kappa shape index (κ2) is 7.55. The molecule has 28 heavy (non-hydrogen) atoms. The van der Waals surface area contributed by atoms with Crippen LogP contribution in [-0.2, 0) is 17.8 Å². The summed E-state index contributed by atoms with van der Waals surface area (Å²) in [4.78, 5) is 25.2. The van der Waals surface area contributed by atoms with Crippen molar-refractivity contribution in [2.45, 2.75) is 51.5 Å². The van der Waals surface area contributed by atoms with E-state index in [4.69, 9.17) is 0 Å². The molecule has 0 unspecified atom stereocenters. The highest BCUT2D eigenvalue weighted by Gasteiger charge is 2.39. The number of benzene rings is 1. The zero-order valence-corrected chi connectivity index (χ0v) is 15.9. The maximum Gasteiger partial charge on any atom is 0.227 e. The number of carbonyl (C=O) groups is 2. The van der Waals surface area contributed by atoms with E-state index in [1.807, 2.05) is 11.5 Å². The Bertz CT molecular complexity index is 958. The largest absolute Gasteiger partial charge is 0.326 e. The van der Waals surface area contributed by atoms with E-state index in [1.165, 1.54) is 0 Å². The lowest BCUT2D eigenvalue weighted by molar-refractivity contribution is -0.117. The normalized spacial score (nSPS) is 21.7. The lowest BCUT2D eigenvalue weighted by Gasteiger charge is -2.12. The summed E-state index contributed by atoms with van der Waals surface area (Å²) in [5, 5.41) is 20.9. The first kappa shape index (κ1) is 18.4. The van der Waals surface area contributed by atoms with E-state index in [9.17, 15) is 14.9 Å². The van der Waals surface area contributed by atoms with E-state index in [2.05, 4.69) is 21.6 Å². The molecule has 7 heteroatoms. The van der Waals surface area contributed by atoms with Gasteiger partial charge in [-0.15, -0.1) is 10.2 Å². The standard InChI is InChI=1S/C21H23N5O2/c1-13-10-16(13)21(28)23-15-7-5-6-14(11-15)19(27)17(12-22)20-25-24-18-8-3-2-4-9-26(18)20/h5-7,11,13,16-17H,2-4,8-10H2,1H3,(H,23,28)/t13-,16+,17-/m1/s1. The smallest absolute Gasteiger partial charge is 0.227 e. The Morgan fingerprint density at radius 1 is 1.29 bits per heavy atom. The Kier molecular flexibility index (Phi) is 4.95. The predicted molar refractivity (Wildman–Crippen MR) is 103 cm³/mol. The van der Waals surface area contributed by atoms with Crippen LogP contribution in [0.5, 0.6) is 0 Å². The second-order valence-corrected chi connectivity index (χ2v) is 7.75. The van der Waals surface area contributed by atoms with Crippen LogP contribution in [0.25, 0.3) is 0 Å². The Morgan fingerprint density at radius 3 is 2.86 bits per heavy atom. The summed E-state index contributed by atoms with van der Waals surface area (Å²) in [6.07, 6.45) is 4.87. The number of fused-ring (bicyclic) bond motifs is 1. The summed E-state index contributed by atoms with van der Waals surface area (Å²) in [6.45, 7) is 2.78. The van der Waals surface area contributed by atoms with Gasteiger partial charge in [-0.1, -0.05) is 25.5 Å². The molecule has 2 heterocycles. The molecule has 1 aromatic carbocycles. The van der Waals surface area contributed by atoms with Crippen molar-refractivity contribution in [3.63, 3.8) is 0 Å². The number of ketones is 1. The summed E-state index contributed by atoms with van der Waals surface area (Å²) in [5.41, 5.74) is 0.964. The lowest BCUT2D eigenvalue weighted by Crippen LogP contribution is -2.18. The molecule has 1 N–H and O–H groups in total. The molecule has 7 nitrogen and oxygen atoms in total. The van der Waals surface area contributed by atoms with Crippen molar-refractivity contribution < 1.29 is 9.59 Å². The van der Waals surface area contributed by atoms with Crippen molar-refractivity contribution in [3.8, 4) is 6.07 Å². The van der Waals surface area contributed by atoms with Gasteiger partial charge in [0.2, 0.25) is 5.91 Å². The fourth-order valence-electron chi connectivity index (χ4n) is 3.79. The third-order valence-electron chi connectivity index (χ3n) is 5.65. The summed E-state index contributed by atoms with van der Waals surface area (Å²) in [5.74, 6) is 0.391. The number of carbonyl (C=O) groups excluding carboxylic acids is 2. The van der Waals surface area contributed by atoms with Crippen molar-refractivity contribution in [2.75, 3.05) is 5.32 Å². The molecule has 1 aromatic heterocycles. The minimum absolute atomic E-state index is 0.0169. The maximum atomic E-state index is 13.1. The number of nitrogens with one attached hydrogen (secondary N) is 1. The second-order valence-electron chi connectivity index (χ2n) is 7.75. The first-order chi connectivity index (χ1) is 13.6. The minimum atomic E-state index is -1.01. The number of aryl methyl sites for hydroxylation is 1. The first-order valence-electron chi connectivity index (χ1n) is 9.85. The van der Waals surface area contributed by atoms with Crippen molar-refractivity contribution in [1.82, 2.24) is 14.8 Å². The van der Waals surface area contributed by atoms with Crippen molar-refractivity contribution >= 4 is 17.4 Å². The van der Waals surface area contributed by atoms with Crippen LogP contribution in [0.3, 0.4) is 0 Å². The molecule has 3 atom stereocenters. The SMILES string of the molecule is C[C@@H]1C[C@@H]1C(=O)Nc1cccc(C(=O)[C@@H](C#N)c2nnc3n2CCCCC3)c1. The lowest BCUT2D eigenvalue weighted by atomic mass is 9.97. The van der Waals surface area contributed by atoms with E-state index in [1.54, 1.807) is 24.3 Å². The van der Waals surface area contributed by atoms with Crippen LogP contribution in [-0.4, -0.2) is 26.5 Å². The molecule has 2 aliphatic rings. The number of anilines is 1. The Morgan fingerprint density at radius 2 is 2.11 bits per heavy atom. The molecule has 0 bridgehead atoms. The average Bonchev–Trinajstić information content (AvgIpc) is 3.38. The highest BCUT2D eigenvalue weighted by Crippen LogP contribution is 2.38. The van der Waals surface area contributed by atoms with E-state index in [0.717, 1.165) is 44.5 Å². The quantitative estimate of drug-likeness (QED) is 0.807. The highest BCUT2D eigenvalue weighted by molar-refractivity contribution is 6.03. The number of hydrogen-bond donors (Lipinski definition) is 1. The van der Waals surface area contributed by atoms with Gasteiger partial charge in [0.1, 0.15) is 5.82 Å². The predicted octanol–water partition coefficient (Wildman–Crippen LogP) is 3.09. The topological polar surface area (TPSA) is 101 Å². The van der Waals surface area contributed by atoms with Gasteiger partial charge in [0.25, 0.3) is 0 Å². The van der Waals surface area contributed by atoms with Crippen molar-refractivity contribution in [3.05, 3.63) is 41.5 Å². The number of hydrogen-bond acceptors (Lipinski definition) is 5. The van der Waals surface area contributed by atoms with Gasteiger partial charge in [0.15, 0.2) is 17.5 Å². The first-order valence-corrected chi connectivity index (χ1v) is 9.85. The van der Waals surface area contributed by atoms with Gasteiger partial charge in [-0.3, -0.25) is 9.59 Å². The molecule has 1 amide bonds. The van der Waals surface area contributed by atoms with Crippen LogP contribution in [0.2, 0.25) is 0 Å². The number of amides is 1. The van der Waals surface area contributed by atoms with Gasteiger partial charge >= 0.3 is 0 Å². The average molecular weight is 377 g/mol. The zero-order valence-electron chi connectivity index (χ0n) is 15.9. The Balaban J connectivity index is 1.56. The zero-order chi connectivity index (χ0) is 19.7. The summed E-state index contributed by atoms with van der Waals surface area (Å²) < 4.78 is 1.93. The van der Waals surface area contributed by atoms with Crippen LogP contribution in [0, 0.1) is 23.2 Å². The highest BCUT2D eigenvalue weighted by atomic mass is 16.2. The number of rotatable bonds is 5. The molecular weight excluding hydrogens is 354 g/mol. The van der Waals surface area contributed by atoms with Crippen LogP contribution in [0.4, 0.5) is 5.69 Å². The number of nitrogens with zero attached hydrogens (tertiary/aromatic N) is 4. The maximum absolute atomic E-state index is 13.1. The van der Waals surface area contributed by atoms with E-state index >= 15 is 0 Å². The van der Waals surface area contributed by atoms with E-state index in [0.29, 0.717) is 23.0 Å². The van der Waals surface area contributed by atoms with E-state index < -0.39 is 5.92 Å². The van der Waals surface area contributed by atoms with Crippen LogP contribution in [0.15, 0.2) is 24.3 Å². The monoisotopic (exact) mass is 377 g/mol. The van der Waals surface area contributed by atoms with Gasteiger partial charge in [0.05, 0.1) is 6.07 Å². The third-order valence-corrected chi connectivity index (χ3v) is 5.65. The molecule has 0 saturated heterocycles. The fraction of sp³-hybridized carbons (Fsp3) is 0.476. The summed E-state index contributed by atoms with van der Waals surface area (Å²) >= 11 is 0. The third kappa shape index (κ3) is 3.55. The number of Topliss-reactive ketones (excluding diaryl/α,β-unsaturated/α-hetero) is 1. The van der Waals surface area contributed by atoms with Gasteiger partial charge < -0.3 is 9.88 Å². The molecule has 0 spiro atoms. The molecule has 144 valence electrons. The van der Waals surface area contributed by atoms with Crippen LogP contribution in [0.1, 0.15) is 60.5 Å². The summed E-state index contributed by atoms with van der Waals surface area (Å²) in [6, 6.07) is 8.89. The number of aromatic nitrogens is 3. The molecule has 1 fully saturated rings. The van der Waals surface area contributed by atoms with Gasteiger partial charge in [-0.25, -0.2) is 0 Å². The van der Waals surface area contributed by atoms with Crippen molar-refractivity contribution in [2.24, 2.45) is 11.8 Å². The molecule has 1 aliphatic carbocycles. The molecular formula is C21H23N5O2. The van der Waals surface area contributed by atoms with Crippen molar-refractivity contribution in [1.29, 1.82) is 5.26 Å². The Hall–Kier alpha value is -3.01. The Labute approximate surface area is 163 Å². The van der Waals surface area contributed by atoms with E-state index in [-0.39, 0.29) is 17.6 Å². The molecule has 1 saturated carbocycles. The fourth-order valence-corrected chi connectivity index (χ4v) is 3.79. The van der Waals surface area contributed by atoms with Gasteiger partial charge in [-0.05, 0) is 37.3 Å². The van der Waals surface area contributed by atoms with Gasteiger partial charge in [0, 0.05) is 30.1 Å². The molecule has 1 aliphatic heterocycles. The molecule has 2 aromatic rings. The van der Waals surface area contributed by atoms with Crippen LogP contribution >= 0.6 is 0 Å². The minimum Gasteiger partial charge on any atom is -0.326 e. The van der Waals surface area contributed by atoms with Crippen LogP contribution < -0.4 is 5.32 Å². The van der Waals surface area contributed by atoms with Gasteiger partial charge in [-0.2, -0.15) is 5.26 Å². The number of nitriles is 1. The molecule has 0 radical (unpaired) electrons. The summed E-state index contributed by atoms with van der Waals surface area (Å²) in [7, 11) is 0. The molecule has 4 rings (SSSR count).